The molecule has 1 N–H and O–H groups in total. The van der Waals surface area contributed by atoms with Crippen LogP contribution in [0.3, 0.4) is 0 Å². The number of hydrogen-bond donors (Lipinski definition) is 1. The molecule has 2 aromatic heterocycles. The van der Waals surface area contributed by atoms with Crippen molar-refractivity contribution in [1.82, 2.24) is 20.4 Å². The molecule has 1 fully saturated rings. The average molecular weight is 456 g/mol. The van der Waals surface area contributed by atoms with Gasteiger partial charge in [-0.05, 0) is 62.7 Å². The van der Waals surface area contributed by atoms with Gasteiger partial charge in [-0.1, -0.05) is 0 Å². The van der Waals surface area contributed by atoms with E-state index in [-0.39, 0.29) is 12.2 Å². The monoisotopic (exact) mass is 455 g/mol. The van der Waals surface area contributed by atoms with Crippen LogP contribution in [0.1, 0.15) is 41.8 Å². The lowest BCUT2D eigenvalue weighted by Gasteiger charge is -2.18. The van der Waals surface area contributed by atoms with E-state index in [1.807, 2.05) is 51.1 Å². The zero-order chi connectivity index (χ0) is 23.7. The minimum atomic E-state index is -0.196. The molecule has 34 heavy (non-hydrogen) atoms. The number of nitrogens with one attached hydrogen (secondary N) is 1. The maximum atomic E-state index is 9.57. The highest BCUT2D eigenvalue weighted by molar-refractivity contribution is 5.94. The molecular formula is C26H25N5O3. The maximum absolute atomic E-state index is 9.57. The van der Waals surface area contributed by atoms with Gasteiger partial charge in [-0.25, -0.2) is 0 Å². The van der Waals surface area contributed by atoms with E-state index >= 15 is 0 Å². The number of aromatic amines is 1. The van der Waals surface area contributed by atoms with Crippen LogP contribution in [0.15, 0.2) is 42.6 Å². The normalized spacial score (nSPS) is 16.4. The number of nitrogens with zero attached hydrogens (tertiary/aromatic N) is 4. The Morgan fingerprint density at radius 1 is 1.18 bits per heavy atom. The molecule has 1 unspecified atom stereocenters. The molecule has 0 amide bonds. The lowest BCUT2D eigenvalue weighted by molar-refractivity contribution is 0.141. The van der Waals surface area contributed by atoms with Gasteiger partial charge in [0.1, 0.15) is 29.4 Å². The fraction of sp³-hybridized carbons (Fsp3) is 0.308. The molecule has 4 aromatic rings. The van der Waals surface area contributed by atoms with Gasteiger partial charge in [-0.2, -0.15) is 20.6 Å². The summed E-state index contributed by atoms with van der Waals surface area (Å²) in [7, 11) is 0. The second kappa shape index (κ2) is 9.12. The Bertz CT molecular complexity index is 1360. The van der Waals surface area contributed by atoms with Crippen LogP contribution >= 0.6 is 0 Å². The summed E-state index contributed by atoms with van der Waals surface area (Å²) in [5.41, 5.74) is 5.85. The molecular weight excluding hydrogens is 430 g/mol. The van der Waals surface area contributed by atoms with E-state index in [2.05, 4.69) is 26.5 Å². The van der Waals surface area contributed by atoms with Crippen molar-refractivity contribution in [2.45, 2.75) is 39.4 Å². The third kappa shape index (κ3) is 4.30. The SMILES string of the molecule is Cc1cnnc(C)c1[C@@H](C)Oc1ccc2[nH]nc(-c3cc(C#N)cc(OC4CCOC4)c3)c2c1. The minimum Gasteiger partial charge on any atom is -0.488 e. The summed E-state index contributed by atoms with van der Waals surface area (Å²) in [5.74, 6) is 1.35. The van der Waals surface area contributed by atoms with Gasteiger partial charge in [-0.3, -0.25) is 5.10 Å². The Hall–Kier alpha value is -3.96. The Balaban J connectivity index is 1.48. The Morgan fingerprint density at radius 3 is 2.82 bits per heavy atom. The third-order valence-electron chi connectivity index (χ3n) is 6.03. The van der Waals surface area contributed by atoms with Crippen molar-refractivity contribution in [3.8, 4) is 28.8 Å². The van der Waals surface area contributed by atoms with E-state index in [4.69, 9.17) is 14.2 Å². The van der Waals surface area contributed by atoms with Crippen LogP contribution in [0.4, 0.5) is 0 Å². The van der Waals surface area contributed by atoms with Crippen molar-refractivity contribution in [3.63, 3.8) is 0 Å². The molecule has 172 valence electrons. The lowest BCUT2D eigenvalue weighted by atomic mass is 10.0. The average Bonchev–Trinajstić information content (AvgIpc) is 3.48. The summed E-state index contributed by atoms with van der Waals surface area (Å²) in [4.78, 5) is 0. The molecule has 0 radical (unpaired) electrons. The summed E-state index contributed by atoms with van der Waals surface area (Å²) < 4.78 is 17.8. The fourth-order valence-electron chi connectivity index (χ4n) is 4.44. The van der Waals surface area contributed by atoms with Crippen molar-refractivity contribution < 1.29 is 14.2 Å². The standard InChI is InChI=1S/C26H25N5O3/c1-15-13-28-29-16(2)25(15)17(3)33-20-4-5-24-23(11-20)26(31-30-24)19-8-18(12-27)9-22(10-19)34-21-6-7-32-14-21/h4-5,8-11,13,17,21H,6-7,14H2,1-3H3,(H,30,31)/t17-,21?/m1/s1. The van der Waals surface area contributed by atoms with Crippen LogP contribution in [-0.4, -0.2) is 39.7 Å². The predicted molar refractivity (Wildman–Crippen MR) is 127 cm³/mol. The first kappa shape index (κ1) is 21.9. The Kier molecular flexibility index (Phi) is 5.86. The predicted octanol–water partition coefficient (Wildman–Crippen LogP) is 4.82. The first-order valence-corrected chi connectivity index (χ1v) is 11.3. The molecule has 1 saturated heterocycles. The number of nitriles is 1. The second-order valence-electron chi connectivity index (χ2n) is 8.53. The van der Waals surface area contributed by atoms with Crippen LogP contribution in [0.25, 0.3) is 22.2 Å². The molecule has 0 saturated carbocycles. The molecule has 5 rings (SSSR count). The molecule has 3 heterocycles. The van der Waals surface area contributed by atoms with Gasteiger partial charge in [0.25, 0.3) is 0 Å². The van der Waals surface area contributed by atoms with Gasteiger partial charge in [0, 0.05) is 22.9 Å². The number of rotatable bonds is 6. The topological polar surface area (TPSA) is 106 Å². The second-order valence-corrected chi connectivity index (χ2v) is 8.53. The van der Waals surface area contributed by atoms with Crippen LogP contribution < -0.4 is 9.47 Å². The summed E-state index contributed by atoms with van der Waals surface area (Å²) in [6, 6.07) is 13.5. The number of H-pyrrole nitrogens is 1. The highest BCUT2D eigenvalue weighted by atomic mass is 16.5. The molecule has 1 aliphatic rings. The number of benzene rings is 2. The molecule has 2 aromatic carbocycles. The van der Waals surface area contributed by atoms with Crippen LogP contribution in [0, 0.1) is 25.2 Å². The number of fused-ring (bicyclic) bond motifs is 1. The maximum Gasteiger partial charge on any atom is 0.124 e. The molecule has 8 heteroatoms. The third-order valence-corrected chi connectivity index (χ3v) is 6.03. The Morgan fingerprint density at radius 2 is 2.06 bits per heavy atom. The van der Waals surface area contributed by atoms with Gasteiger partial charge >= 0.3 is 0 Å². The van der Waals surface area contributed by atoms with Gasteiger partial charge in [0.15, 0.2) is 0 Å². The fourth-order valence-corrected chi connectivity index (χ4v) is 4.44. The van der Waals surface area contributed by atoms with Crippen molar-refractivity contribution >= 4 is 10.9 Å². The van der Waals surface area contributed by atoms with Crippen molar-refractivity contribution in [2.75, 3.05) is 13.2 Å². The zero-order valence-corrected chi connectivity index (χ0v) is 19.3. The van der Waals surface area contributed by atoms with E-state index in [1.165, 1.54) is 0 Å². The molecule has 0 spiro atoms. The van der Waals surface area contributed by atoms with E-state index < -0.39 is 0 Å². The Labute approximate surface area is 197 Å². The van der Waals surface area contributed by atoms with E-state index in [9.17, 15) is 5.26 Å². The number of ether oxygens (including phenoxy) is 3. The number of aromatic nitrogens is 4. The molecule has 1 aliphatic heterocycles. The summed E-state index contributed by atoms with van der Waals surface area (Å²) in [6.07, 6.45) is 2.38. The lowest BCUT2D eigenvalue weighted by Crippen LogP contribution is -2.15. The van der Waals surface area contributed by atoms with Crippen molar-refractivity contribution in [3.05, 3.63) is 65.0 Å². The molecule has 8 nitrogen and oxygen atoms in total. The molecule has 0 bridgehead atoms. The number of aryl methyl sites for hydroxylation is 2. The highest BCUT2D eigenvalue weighted by Crippen LogP contribution is 2.34. The summed E-state index contributed by atoms with van der Waals surface area (Å²) in [6.45, 7) is 7.20. The molecule has 0 aliphatic carbocycles. The zero-order valence-electron chi connectivity index (χ0n) is 19.3. The first-order valence-electron chi connectivity index (χ1n) is 11.3. The van der Waals surface area contributed by atoms with Crippen LogP contribution in [0.2, 0.25) is 0 Å². The van der Waals surface area contributed by atoms with Crippen LogP contribution in [0.5, 0.6) is 11.5 Å². The highest BCUT2D eigenvalue weighted by Gasteiger charge is 2.19. The van der Waals surface area contributed by atoms with E-state index in [0.717, 1.165) is 45.4 Å². The summed E-state index contributed by atoms with van der Waals surface area (Å²) in [5, 5.41) is 26.3. The van der Waals surface area contributed by atoms with E-state index in [0.29, 0.717) is 30.3 Å². The van der Waals surface area contributed by atoms with Crippen LogP contribution in [-0.2, 0) is 4.74 Å². The van der Waals surface area contributed by atoms with Crippen molar-refractivity contribution in [2.24, 2.45) is 0 Å². The van der Waals surface area contributed by atoms with Gasteiger partial charge in [-0.15, -0.1) is 0 Å². The summed E-state index contributed by atoms with van der Waals surface area (Å²) >= 11 is 0. The smallest absolute Gasteiger partial charge is 0.124 e. The number of hydrogen-bond acceptors (Lipinski definition) is 7. The van der Waals surface area contributed by atoms with Gasteiger partial charge in [0.2, 0.25) is 0 Å². The van der Waals surface area contributed by atoms with Gasteiger partial charge in [0.05, 0.1) is 42.3 Å². The minimum absolute atomic E-state index is 0.00574. The van der Waals surface area contributed by atoms with Crippen molar-refractivity contribution in [1.29, 1.82) is 5.26 Å². The van der Waals surface area contributed by atoms with Gasteiger partial charge < -0.3 is 14.2 Å². The quantitative estimate of drug-likeness (QED) is 0.444. The first-order chi connectivity index (χ1) is 16.5. The van der Waals surface area contributed by atoms with E-state index in [1.54, 1.807) is 12.3 Å². The largest absolute Gasteiger partial charge is 0.488 e. The molecule has 2 atom stereocenters.